The minimum Gasteiger partial charge on any atom is -0.299 e. The lowest BCUT2D eigenvalue weighted by Gasteiger charge is -2.59. The van der Waals surface area contributed by atoms with Crippen LogP contribution in [0.2, 0.25) is 0 Å². The van der Waals surface area contributed by atoms with Gasteiger partial charge in [-0.1, -0.05) is 0 Å². The van der Waals surface area contributed by atoms with Gasteiger partial charge in [-0.05, 0) is 118 Å². The van der Waals surface area contributed by atoms with Gasteiger partial charge in [0.2, 0.25) is 0 Å². The molecular formula is C22H32O. The van der Waals surface area contributed by atoms with Crippen LogP contribution in [-0.4, -0.2) is 5.78 Å². The van der Waals surface area contributed by atoms with Crippen molar-refractivity contribution in [2.24, 2.45) is 46.3 Å². The molecule has 8 rings (SSSR count). The SMILES string of the molecule is O=C(CC12CC3CC(CC(C3)C1)C2)C12CC3CC(CC(C3)C1)C2. The van der Waals surface area contributed by atoms with Gasteiger partial charge in [-0.2, -0.15) is 0 Å². The van der Waals surface area contributed by atoms with Gasteiger partial charge in [0, 0.05) is 11.8 Å². The van der Waals surface area contributed by atoms with Gasteiger partial charge in [0.1, 0.15) is 5.78 Å². The van der Waals surface area contributed by atoms with E-state index in [4.69, 9.17) is 0 Å². The van der Waals surface area contributed by atoms with Crippen molar-refractivity contribution >= 4 is 5.78 Å². The van der Waals surface area contributed by atoms with E-state index in [1.807, 2.05) is 0 Å². The van der Waals surface area contributed by atoms with Crippen molar-refractivity contribution in [3.05, 3.63) is 0 Å². The first-order valence-electron chi connectivity index (χ1n) is 10.6. The number of ketones is 1. The van der Waals surface area contributed by atoms with Crippen LogP contribution >= 0.6 is 0 Å². The summed E-state index contributed by atoms with van der Waals surface area (Å²) in [4.78, 5) is 13.6. The van der Waals surface area contributed by atoms with Crippen LogP contribution in [0, 0.1) is 46.3 Å². The van der Waals surface area contributed by atoms with Gasteiger partial charge in [0.05, 0.1) is 0 Å². The molecule has 0 unspecified atom stereocenters. The van der Waals surface area contributed by atoms with E-state index in [0.717, 1.165) is 47.7 Å². The number of hydrogen-bond acceptors (Lipinski definition) is 1. The molecule has 0 atom stereocenters. The average molecular weight is 312 g/mol. The first-order chi connectivity index (χ1) is 11.1. The molecule has 8 saturated carbocycles. The first-order valence-corrected chi connectivity index (χ1v) is 10.6. The van der Waals surface area contributed by atoms with Gasteiger partial charge in [0.25, 0.3) is 0 Å². The van der Waals surface area contributed by atoms with Crippen LogP contribution in [0.1, 0.15) is 83.5 Å². The van der Waals surface area contributed by atoms with E-state index >= 15 is 0 Å². The Bertz CT molecular complexity index is 474. The van der Waals surface area contributed by atoms with Crippen molar-refractivity contribution in [3.8, 4) is 0 Å². The second-order valence-electron chi connectivity index (χ2n) is 11.2. The highest BCUT2D eigenvalue weighted by Gasteiger charge is 2.57. The van der Waals surface area contributed by atoms with Crippen molar-refractivity contribution < 1.29 is 4.79 Å². The van der Waals surface area contributed by atoms with Crippen molar-refractivity contribution in [2.45, 2.75) is 83.5 Å². The van der Waals surface area contributed by atoms with E-state index in [0.29, 0.717) is 5.41 Å². The Morgan fingerprint density at radius 1 is 0.609 bits per heavy atom. The number of carbonyl (C=O) groups excluding carboxylic acids is 1. The summed E-state index contributed by atoms with van der Waals surface area (Å²) in [6, 6.07) is 0. The molecule has 0 aromatic carbocycles. The van der Waals surface area contributed by atoms with E-state index in [9.17, 15) is 4.79 Å². The zero-order valence-corrected chi connectivity index (χ0v) is 14.6. The molecular weight excluding hydrogens is 280 g/mol. The molecule has 8 aliphatic rings. The Hall–Kier alpha value is -0.330. The molecule has 126 valence electrons. The van der Waals surface area contributed by atoms with Gasteiger partial charge in [-0.3, -0.25) is 4.79 Å². The summed E-state index contributed by atoms with van der Waals surface area (Å²) in [5.74, 6) is 6.48. The number of carbonyl (C=O) groups is 1. The van der Waals surface area contributed by atoms with Crippen molar-refractivity contribution in [1.82, 2.24) is 0 Å². The predicted molar refractivity (Wildman–Crippen MR) is 90.8 cm³/mol. The Balaban J connectivity index is 1.26. The third-order valence-corrected chi connectivity index (χ3v) is 9.33. The number of rotatable bonds is 3. The quantitative estimate of drug-likeness (QED) is 0.684. The fourth-order valence-electron chi connectivity index (χ4n) is 9.49. The Labute approximate surface area is 141 Å². The summed E-state index contributed by atoms with van der Waals surface area (Å²) in [5.41, 5.74) is 0.632. The van der Waals surface area contributed by atoms with Crippen molar-refractivity contribution in [3.63, 3.8) is 0 Å². The highest BCUT2D eigenvalue weighted by Crippen LogP contribution is 2.65. The minimum absolute atomic E-state index is 0.165. The summed E-state index contributed by atoms with van der Waals surface area (Å²) < 4.78 is 0. The van der Waals surface area contributed by atoms with Gasteiger partial charge in [-0.15, -0.1) is 0 Å². The molecule has 1 heteroatoms. The zero-order valence-electron chi connectivity index (χ0n) is 14.6. The van der Waals surface area contributed by atoms with Gasteiger partial charge >= 0.3 is 0 Å². The van der Waals surface area contributed by atoms with Crippen LogP contribution in [0.5, 0.6) is 0 Å². The summed E-state index contributed by atoms with van der Waals surface area (Å²) in [7, 11) is 0. The fraction of sp³-hybridized carbons (Fsp3) is 0.955. The molecule has 0 heterocycles. The molecule has 8 aliphatic carbocycles. The van der Waals surface area contributed by atoms with E-state index in [1.165, 1.54) is 77.0 Å². The molecule has 8 bridgehead atoms. The van der Waals surface area contributed by atoms with Crippen LogP contribution in [0.25, 0.3) is 0 Å². The van der Waals surface area contributed by atoms with Gasteiger partial charge < -0.3 is 0 Å². The molecule has 0 aliphatic heterocycles. The third kappa shape index (κ3) is 2.00. The Morgan fingerprint density at radius 2 is 0.957 bits per heavy atom. The molecule has 8 fully saturated rings. The van der Waals surface area contributed by atoms with E-state index in [-0.39, 0.29) is 5.41 Å². The maximum absolute atomic E-state index is 13.6. The molecule has 0 saturated heterocycles. The van der Waals surface area contributed by atoms with Gasteiger partial charge in [-0.25, -0.2) is 0 Å². The number of hydrogen-bond donors (Lipinski definition) is 0. The fourth-order valence-corrected chi connectivity index (χ4v) is 9.49. The Kier molecular flexibility index (Phi) is 2.68. The normalized spacial score (nSPS) is 58.8. The van der Waals surface area contributed by atoms with Crippen molar-refractivity contribution in [2.75, 3.05) is 0 Å². The smallest absolute Gasteiger partial charge is 0.139 e. The molecule has 0 N–H and O–H groups in total. The van der Waals surface area contributed by atoms with E-state index in [1.54, 1.807) is 0 Å². The first kappa shape index (κ1) is 13.9. The maximum Gasteiger partial charge on any atom is 0.139 e. The third-order valence-electron chi connectivity index (χ3n) is 9.33. The molecule has 1 nitrogen and oxygen atoms in total. The molecule has 23 heavy (non-hydrogen) atoms. The molecule has 0 radical (unpaired) electrons. The van der Waals surface area contributed by atoms with Crippen LogP contribution in [0.3, 0.4) is 0 Å². The summed E-state index contributed by atoms with van der Waals surface area (Å²) >= 11 is 0. The standard InChI is InChI=1S/C22H32O/c23-20(22-10-17-4-18(11-22)6-19(5-17)12-22)13-21-7-14-1-15(8-21)3-16(2-14)9-21/h14-19H,1-13H2. The molecule has 0 aromatic rings. The van der Waals surface area contributed by atoms with Gasteiger partial charge in [0.15, 0.2) is 0 Å². The second-order valence-corrected chi connectivity index (χ2v) is 11.2. The number of Topliss-reactive ketones (excluding diaryl/α,β-unsaturated/α-hetero) is 1. The maximum atomic E-state index is 13.6. The highest BCUT2D eigenvalue weighted by molar-refractivity contribution is 5.86. The zero-order chi connectivity index (χ0) is 15.2. The minimum atomic E-state index is 0.165. The topological polar surface area (TPSA) is 17.1 Å². The van der Waals surface area contributed by atoms with Crippen LogP contribution < -0.4 is 0 Å². The van der Waals surface area contributed by atoms with Crippen LogP contribution in [0.4, 0.5) is 0 Å². The lowest BCUT2D eigenvalue weighted by Crippen LogP contribution is -2.53. The predicted octanol–water partition coefficient (Wildman–Crippen LogP) is 5.38. The molecule has 0 amide bonds. The summed E-state index contributed by atoms with van der Waals surface area (Å²) in [6.07, 6.45) is 18.0. The van der Waals surface area contributed by atoms with E-state index < -0.39 is 0 Å². The van der Waals surface area contributed by atoms with Crippen molar-refractivity contribution in [1.29, 1.82) is 0 Å². The van der Waals surface area contributed by atoms with Crippen LogP contribution in [0.15, 0.2) is 0 Å². The lowest BCUT2D eigenvalue weighted by molar-refractivity contribution is -0.151. The molecule has 0 aromatic heterocycles. The largest absolute Gasteiger partial charge is 0.299 e. The molecule has 0 spiro atoms. The second kappa shape index (κ2) is 4.44. The van der Waals surface area contributed by atoms with E-state index in [2.05, 4.69) is 0 Å². The summed E-state index contributed by atoms with van der Waals surface area (Å²) in [6.45, 7) is 0. The Morgan fingerprint density at radius 3 is 1.35 bits per heavy atom. The lowest BCUT2D eigenvalue weighted by atomic mass is 9.45. The average Bonchev–Trinajstić information content (AvgIpc) is 2.43. The van der Waals surface area contributed by atoms with Crippen LogP contribution in [-0.2, 0) is 4.79 Å². The highest BCUT2D eigenvalue weighted by atomic mass is 16.1. The summed E-state index contributed by atoms with van der Waals surface area (Å²) in [5, 5.41) is 0. The monoisotopic (exact) mass is 312 g/mol.